The minimum Gasteiger partial charge on any atom is -0.462 e. The van der Waals surface area contributed by atoms with Crippen LogP contribution in [0.5, 0.6) is 0 Å². The first-order chi connectivity index (χ1) is 15.6. The number of carbonyl (C=O) groups excluding carboxylic acids is 2. The van der Waals surface area contributed by atoms with Crippen LogP contribution >= 0.6 is 23.2 Å². The van der Waals surface area contributed by atoms with Gasteiger partial charge in [-0.3, -0.25) is 4.79 Å². The van der Waals surface area contributed by atoms with Gasteiger partial charge in [-0.25, -0.2) is 4.79 Å². The van der Waals surface area contributed by atoms with Crippen molar-refractivity contribution in [2.75, 3.05) is 11.5 Å². The number of anilines is 1. The van der Waals surface area contributed by atoms with Crippen LogP contribution in [0.1, 0.15) is 59.5 Å². The number of hydrogen-bond donors (Lipinski definition) is 0. The van der Waals surface area contributed by atoms with Gasteiger partial charge in [0.05, 0.1) is 18.7 Å². The molecule has 0 heterocycles. The molecule has 0 N–H and O–H groups in total. The second kappa shape index (κ2) is 10.4. The van der Waals surface area contributed by atoms with Crippen molar-refractivity contribution >= 4 is 40.8 Å². The second-order valence-electron chi connectivity index (χ2n) is 8.69. The molecule has 3 aromatic carbocycles. The summed E-state index contributed by atoms with van der Waals surface area (Å²) < 4.78 is 5.06. The first-order valence-electron chi connectivity index (χ1n) is 10.7. The van der Waals surface area contributed by atoms with Gasteiger partial charge in [0, 0.05) is 26.9 Å². The molecule has 4 nitrogen and oxygen atoms in total. The Morgan fingerprint density at radius 3 is 1.91 bits per heavy atom. The lowest BCUT2D eigenvalue weighted by atomic mass is 9.86. The van der Waals surface area contributed by atoms with E-state index in [1.54, 1.807) is 54.3 Å². The molecule has 0 radical (unpaired) electrons. The van der Waals surface area contributed by atoms with Crippen molar-refractivity contribution in [3.8, 4) is 0 Å². The standard InChI is InChI=1S/C27H27Cl2NO3/c1-5-33-26(32)19-11-15-21(16-12-19)30(17-22-23(28)7-6-8-24(22)29)25(31)18-9-13-20(14-10-18)27(2,3)4/h6-16H,5,17H2,1-4H3. The molecule has 0 bridgehead atoms. The molecule has 1 amide bonds. The van der Waals surface area contributed by atoms with Gasteiger partial charge in [0.15, 0.2) is 0 Å². The molecule has 0 aliphatic rings. The van der Waals surface area contributed by atoms with Gasteiger partial charge in [-0.05, 0) is 66.4 Å². The highest BCUT2D eigenvalue weighted by Crippen LogP contribution is 2.30. The number of ether oxygens (including phenoxy) is 1. The van der Waals surface area contributed by atoms with Crippen molar-refractivity contribution in [2.45, 2.75) is 39.7 Å². The molecular formula is C27H27Cl2NO3. The SMILES string of the molecule is CCOC(=O)c1ccc(N(Cc2c(Cl)cccc2Cl)C(=O)c2ccc(C(C)(C)C)cc2)cc1. The first-order valence-corrected chi connectivity index (χ1v) is 11.5. The van der Waals surface area contributed by atoms with E-state index in [2.05, 4.69) is 20.8 Å². The van der Waals surface area contributed by atoms with E-state index in [9.17, 15) is 9.59 Å². The minimum atomic E-state index is -0.408. The zero-order chi connectivity index (χ0) is 24.2. The number of hydrogen-bond acceptors (Lipinski definition) is 3. The van der Waals surface area contributed by atoms with Gasteiger partial charge in [-0.2, -0.15) is 0 Å². The lowest BCUT2D eigenvalue weighted by Gasteiger charge is -2.25. The van der Waals surface area contributed by atoms with Gasteiger partial charge < -0.3 is 9.64 Å². The normalized spacial score (nSPS) is 11.2. The fourth-order valence-electron chi connectivity index (χ4n) is 3.38. The summed E-state index contributed by atoms with van der Waals surface area (Å²) >= 11 is 12.8. The van der Waals surface area contributed by atoms with Crippen LogP contribution in [0.4, 0.5) is 5.69 Å². The molecule has 6 heteroatoms. The molecule has 0 fully saturated rings. The van der Waals surface area contributed by atoms with Crippen molar-refractivity contribution in [1.29, 1.82) is 0 Å². The molecule has 3 rings (SSSR count). The Hall–Kier alpha value is -2.82. The summed E-state index contributed by atoms with van der Waals surface area (Å²) in [6, 6.07) is 19.6. The molecule has 0 aliphatic heterocycles. The van der Waals surface area contributed by atoms with Gasteiger partial charge in [-0.15, -0.1) is 0 Å². The Kier molecular flexibility index (Phi) is 7.83. The van der Waals surface area contributed by atoms with E-state index in [4.69, 9.17) is 27.9 Å². The van der Waals surface area contributed by atoms with E-state index >= 15 is 0 Å². The van der Waals surface area contributed by atoms with Gasteiger partial charge in [-0.1, -0.05) is 62.2 Å². The summed E-state index contributed by atoms with van der Waals surface area (Å²) in [5.41, 5.74) is 3.34. The molecule has 172 valence electrons. The van der Waals surface area contributed by atoms with Crippen LogP contribution in [0.25, 0.3) is 0 Å². The van der Waals surface area contributed by atoms with Gasteiger partial charge in [0.25, 0.3) is 5.91 Å². The van der Waals surface area contributed by atoms with Crippen molar-refractivity contribution in [2.24, 2.45) is 0 Å². The molecule has 0 aliphatic carbocycles. The van der Waals surface area contributed by atoms with E-state index in [0.717, 1.165) is 5.56 Å². The summed E-state index contributed by atoms with van der Waals surface area (Å²) in [4.78, 5) is 27.2. The lowest BCUT2D eigenvalue weighted by Crippen LogP contribution is -2.31. The summed E-state index contributed by atoms with van der Waals surface area (Å²) in [5, 5.41) is 0.957. The van der Waals surface area contributed by atoms with E-state index < -0.39 is 5.97 Å². The highest BCUT2D eigenvalue weighted by molar-refractivity contribution is 6.36. The maximum Gasteiger partial charge on any atom is 0.338 e. The van der Waals surface area contributed by atoms with Crippen LogP contribution < -0.4 is 4.90 Å². The molecule has 0 spiro atoms. The number of esters is 1. The first kappa shape index (κ1) is 24.8. The highest BCUT2D eigenvalue weighted by atomic mass is 35.5. The Balaban J connectivity index is 2.00. The molecule has 0 saturated carbocycles. The number of nitrogens with zero attached hydrogens (tertiary/aromatic N) is 1. The van der Waals surface area contributed by atoms with E-state index in [-0.39, 0.29) is 17.9 Å². The topological polar surface area (TPSA) is 46.6 Å². The van der Waals surface area contributed by atoms with Gasteiger partial charge >= 0.3 is 5.97 Å². The van der Waals surface area contributed by atoms with Crippen molar-refractivity contribution in [3.05, 3.63) is 99.0 Å². The third kappa shape index (κ3) is 5.95. The number of amides is 1. The summed E-state index contributed by atoms with van der Waals surface area (Å²) in [6.07, 6.45) is 0. The largest absolute Gasteiger partial charge is 0.462 e. The third-order valence-corrected chi connectivity index (χ3v) is 6.02. The number of halogens is 2. The molecule has 0 unspecified atom stereocenters. The number of rotatable bonds is 6. The third-order valence-electron chi connectivity index (χ3n) is 5.31. The summed E-state index contributed by atoms with van der Waals surface area (Å²) in [5.74, 6) is -0.607. The zero-order valence-corrected chi connectivity index (χ0v) is 20.7. The van der Waals surface area contributed by atoms with Crippen molar-refractivity contribution in [1.82, 2.24) is 0 Å². The Labute approximate surface area is 205 Å². The predicted molar refractivity (Wildman–Crippen MR) is 135 cm³/mol. The Morgan fingerprint density at radius 1 is 0.848 bits per heavy atom. The summed E-state index contributed by atoms with van der Waals surface area (Å²) in [7, 11) is 0. The Bertz CT molecular complexity index is 1110. The van der Waals surface area contributed by atoms with Crippen LogP contribution in [0.3, 0.4) is 0 Å². The van der Waals surface area contributed by atoms with Crippen LogP contribution in [-0.4, -0.2) is 18.5 Å². The molecule has 3 aromatic rings. The van der Waals surface area contributed by atoms with Crippen LogP contribution in [0.15, 0.2) is 66.7 Å². The van der Waals surface area contributed by atoms with Crippen LogP contribution in [0, 0.1) is 0 Å². The maximum atomic E-state index is 13.6. The predicted octanol–water partition coefficient (Wildman–Crippen LogP) is 7.31. The highest BCUT2D eigenvalue weighted by Gasteiger charge is 2.22. The monoisotopic (exact) mass is 483 g/mol. The fraction of sp³-hybridized carbons (Fsp3) is 0.259. The molecule has 0 aromatic heterocycles. The second-order valence-corrected chi connectivity index (χ2v) is 9.50. The quantitative estimate of drug-likeness (QED) is 0.345. The fourth-order valence-corrected chi connectivity index (χ4v) is 3.90. The molecule has 0 atom stereocenters. The average Bonchev–Trinajstić information content (AvgIpc) is 2.78. The zero-order valence-electron chi connectivity index (χ0n) is 19.2. The minimum absolute atomic E-state index is 0.0186. The summed E-state index contributed by atoms with van der Waals surface area (Å²) in [6.45, 7) is 8.60. The van der Waals surface area contributed by atoms with E-state index in [1.807, 2.05) is 24.3 Å². The molecule has 0 saturated heterocycles. The van der Waals surface area contributed by atoms with Crippen LogP contribution in [-0.2, 0) is 16.7 Å². The number of benzene rings is 3. The van der Waals surface area contributed by atoms with Crippen molar-refractivity contribution in [3.63, 3.8) is 0 Å². The molecule has 33 heavy (non-hydrogen) atoms. The smallest absolute Gasteiger partial charge is 0.338 e. The van der Waals surface area contributed by atoms with Crippen molar-refractivity contribution < 1.29 is 14.3 Å². The van der Waals surface area contributed by atoms with Gasteiger partial charge in [0.1, 0.15) is 0 Å². The van der Waals surface area contributed by atoms with Gasteiger partial charge in [0.2, 0.25) is 0 Å². The number of carbonyl (C=O) groups is 2. The van der Waals surface area contributed by atoms with E-state index in [0.29, 0.717) is 39.0 Å². The average molecular weight is 484 g/mol. The van der Waals surface area contributed by atoms with Crippen LogP contribution in [0.2, 0.25) is 10.0 Å². The van der Waals surface area contributed by atoms with E-state index in [1.165, 1.54) is 0 Å². The maximum absolute atomic E-state index is 13.6. The Morgan fingerprint density at radius 2 is 1.39 bits per heavy atom. The molecular weight excluding hydrogens is 457 g/mol. The lowest BCUT2D eigenvalue weighted by molar-refractivity contribution is 0.0526.